The first-order valence-electron chi connectivity index (χ1n) is 8.98. The van der Waals surface area contributed by atoms with E-state index in [0.717, 1.165) is 0 Å². The molecule has 0 bridgehead atoms. The van der Waals surface area contributed by atoms with Crippen molar-refractivity contribution < 1.29 is 48.3 Å². The highest BCUT2D eigenvalue weighted by molar-refractivity contribution is 5.76. The average molecular weight is 409 g/mol. The summed E-state index contributed by atoms with van der Waals surface area (Å²) in [5, 5.41) is 19.9. The van der Waals surface area contributed by atoms with Crippen molar-refractivity contribution in [2.75, 3.05) is 66.6 Å². The second-order valence-electron chi connectivity index (χ2n) is 5.67. The Balaban J connectivity index is 4.00. The monoisotopic (exact) mass is 409 g/mol. The number of methoxy groups -OCH3 is 1. The second kappa shape index (κ2) is 18.6. The molecule has 0 spiro atoms. The number of carboxylic acid groups (broad SMARTS) is 2. The lowest BCUT2D eigenvalue weighted by molar-refractivity contribution is -0.139. The Morgan fingerprint density at radius 1 is 0.714 bits per heavy atom. The van der Waals surface area contributed by atoms with Crippen LogP contribution in [0.1, 0.15) is 19.3 Å². The van der Waals surface area contributed by atoms with Gasteiger partial charge in [-0.2, -0.15) is 0 Å². The van der Waals surface area contributed by atoms with E-state index < -0.39 is 18.0 Å². The molecule has 0 aromatic rings. The van der Waals surface area contributed by atoms with Crippen LogP contribution in [0.15, 0.2) is 0 Å². The highest BCUT2D eigenvalue weighted by atomic mass is 16.5. The fourth-order valence-corrected chi connectivity index (χ4v) is 1.83. The Hall–Kier alpha value is -1.79. The van der Waals surface area contributed by atoms with E-state index in [2.05, 4.69) is 5.32 Å². The molecule has 0 saturated carbocycles. The molecule has 164 valence electrons. The molecule has 0 aliphatic heterocycles. The quantitative estimate of drug-likeness (QED) is 0.225. The van der Waals surface area contributed by atoms with Crippen LogP contribution in [0.2, 0.25) is 0 Å². The molecule has 0 heterocycles. The van der Waals surface area contributed by atoms with E-state index in [4.69, 9.17) is 33.9 Å². The number of carboxylic acids is 2. The van der Waals surface area contributed by atoms with Gasteiger partial charge in [0.15, 0.2) is 0 Å². The minimum atomic E-state index is -0.985. The Morgan fingerprint density at radius 2 is 1.18 bits per heavy atom. The summed E-state index contributed by atoms with van der Waals surface area (Å²) in [7, 11) is 1.58. The molecule has 3 N–H and O–H groups in total. The summed E-state index contributed by atoms with van der Waals surface area (Å²) in [5.41, 5.74) is 0. The van der Waals surface area contributed by atoms with Crippen molar-refractivity contribution in [1.29, 1.82) is 0 Å². The number of ether oxygens (including phenoxy) is 5. The maximum Gasteiger partial charge on any atom is 0.305 e. The fourth-order valence-electron chi connectivity index (χ4n) is 1.83. The standard InChI is InChI=1S/C17H31NO10/c1-24-8-9-26-11-10-25-5-2-15(19)18-14(12-27-6-3-16(20)21)13-28-7-4-17(22)23/h14H,2-13H2,1H3,(H,18,19)(H,20,21)(H,22,23). The SMILES string of the molecule is COCCOCCOCCC(=O)NC(COCCC(=O)O)COCCC(=O)O. The van der Waals surface area contributed by atoms with Gasteiger partial charge < -0.3 is 39.2 Å². The normalized spacial score (nSPS) is 10.9. The zero-order valence-corrected chi connectivity index (χ0v) is 16.2. The molecule has 0 aromatic carbocycles. The van der Waals surface area contributed by atoms with Gasteiger partial charge in [0.05, 0.1) is 78.3 Å². The van der Waals surface area contributed by atoms with Crippen LogP contribution in [0, 0.1) is 0 Å². The van der Waals surface area contributed by atoms with Gasteiger partial charge in [0.1, 0.15) is 0 Å². The Labute approximate surface area is 164 Å². The highest BCUT2D eigenvalue weighted by Gasteiger charge is 2.14. The van der Waals surface area contributed by atoms with Crippen LogP contribution in [0.3, 0.4) is 0 Å². The summed E-state index contributed by atoms with van der Waals surface area (Å²) in [6.45, 7) is 2.08. The first-order chi connectivity index (χ1) is 13.5. The van der Waals surface area contributed by atoms with E-state index in [1.807, 2.05) is 0 Å². The largest absolute Gasteiger partial charge is 0.481 e. The lowest BCUT2D eigenvalue weighted by Crippen LogP contribution is -2.42. The Bertz CT molecular complexity index is 410. The lowest BCUT2D eigenvalue weighted by Gasteiger charge is -2.19. The molecule has 0 aliphatic carbocycles. The number of carbonyl (C=O) groups is 3. The highest BCUT2D eigenvalue weighted by Crippen LogP contribution is 1.95. The van der Waals surface area contributed by atoms with Crippen molar-refractivity contribution in [1.82, 2.24) is 5.32 Å². The summed E-state index contributed by atoms with van der Waals surface area (Å²) in [5.74, 6) is -2.25. The van der Waals surface area contributed by atoms with Crippen LogP contribution in [-0.4, -0.2) is 101 Å². The van der Waals surface area contributed by atoms with Crippen LogP contribution in [0.4, 0.5) is 0 Å². The number of hydrogen-bond donors (Lipinski definition) is 3. The molecular formula is C17H31NO10. The van der Waals surface area contributed by atoms with Crippen LogP contribution >= 0.6 is 0 Å². The van der Waals surface area contributed by atoms with Crippen LogP contribution < -0.4 is 5.32 Å². The molecule has 0 aliphatic rings. The summed E-state index contributed by atoms with van der Waals surface area (Å²) >= 11 is 0. The number of hydrogen-bond acceptors (Lipinski definition) is 8. The minimum Gasteiger partial charge on any atom is -0.481 e. The fraction of sp³-hybridized carbons (Fsp3) is 0.824. The summed E-state index contributed by atoms with van der Waals surface area (Å²) in [6, 6.07) is -0.521. The average Bonchev–Trinajstić information content (AvgIpc) is 2.63. The molecule has 11 nitrogen and oxygen atoms in total. The topological polar surface area (TPSA) is 150 Å². The van der Waals surface area contributed by atoms with Crippen LogP contribution in [-0.2, 0) is 38.1 Å². The first-order valence-corrected chi connectivity index (χ1v) is 8.98. The van der Waals surface area contributed by atoms with Gasteiger partial charge in [-0.05, 0) is 0 Å². The molecule has 0 fully saturated rings. The molecule has 0 radical (unpaired) electrons. The van der Waals surface area contributed by atoms with Gasteiger partial charge in [-0.25, -0.2) is 0 Å². The molecule has 1 amide bonds. The van der Waals surface area contributed by atoms with E-state index in [0.29, 0.717) is 26.4 Å². The molecule has 0 saturated heterocycles. The van der Waals surface area contributed by atoms with Gasteiger partial charge >= 0.3 is 11.9 Å². The van der Waals surface area contributed by atoms with Crippen LogP contribution in [0.5, 0.6) is 0 Å². The summed E-state index contributed by atoms with van der Waals surface area (Å²) < 4.78 is 25.8. The van der Waals surface area contributed by atoms with Crippen molar-refractivity contribution in [3.8, 4) is 0 Å². The molecule has 28 heavy (non-hydrogen) atoms. The Morgan fingerprint density at radius 3 is 1.68 bits per heavy atom. The molecule has 11 heteroatoms. The third-order valence-electron chi connectivity index (χ3n) is 3.20. The zero-order valence-electron chi connectivity index (χ0n) is 16.2. The zero-order chi connectivity index (χ0) is 21.0. The van der Waals surface area contributed by atoms with Crippen molar-refractivity contribution in [2.24, 2.45) is 0 Å². The van der Waals surface area contributed by atoms with E-state index in [9.17, 15) is 14.4 Å². The van der Waals surface area contributed by atoms with Crippen molar-refractivity contribution in [3.05, 3.63) is 0 Å². The maximum absolute atomic E-state index is 12.0. The third-order valence-corrected chi connectivity index (χ3v) is 3.20. The van der Waals surface area contributed by atoms with E-state index in [-0.39, 0.29) is 58.2 Å². The van der Waals surface area contributed by atoms with Gasteiger partial charge in [0.2, 0.25) is 5.91 Å². The summed E-state index contributed by atoms with van der Waals surface area (Å²) in [4.78, 5) is 32.9. The summed E-state index contributed by atoms with van der Waals surface area (Å²) in [6.07, 6.45) is -0.180. The van der Waals surface area contributed by atoms with Crippen molar-refractivity contribution in [2.45, 2.75) is 25.3 Å². The molecule has 0 atom stereocenters. The third kappa shape index (κ3) is 19.0. The molecular weight excluding hydrogens is 378 g/mol. The lowest BCUT2D eigenvalue weighted by atomic mass is 10.3. The number of aliphatic carboxylic acids is 2. The number of rotatable bonds is 20. The number of carbonyl (C=O) groups excluding carboxylic acids is 1. The van der Waals surface area contributed by atoms with Gasteiger partial charge in [-0.1, -0.05) is 0 Å². The minimum absolute atomic E-state index is 0.00299. The van der Waals surface area contributed by atoms with E-state index in [1.165, 1.54) is 0 Å². The Kier molecular flexibility index (Phi) is 17.4. The second-order valence-corrected chi connectivity index (χ2v) is 5.67. The van der Waals surface area contributed by atoms with Gasteiger partial charge in [0.25, 0.3) is 0 Å². The first kappa shape index (κ1) is 26.2. The predicted octanol–water partition coefficient (Wildman–Crippen LogP) is -0.476. The van der Waals surface area contributed by atoms with Gasteiger partial charge in [-0.15, -0.1) is 0 Å². The molecule has 0 rings (SSSR count). The smallest absolute Gasteiger partial charge is 0.305 e. The maximum atomic E-state index is 12.0. The van der Waals surface area contributed by atoms with Crippen molar-refractivity contribution >= 4 is 17.8 Å². The predicted molar refractivity (Wildman–Crippen MR) is 96.2 cm³/mol. The van der Waals surface area contributed by atoms with E-state index >= 15 is 0 Å². The van der Waals surface area contributed by atoms with Crippen molar-refractivity contribution in [3.63, 3.8) is 0 Å². The number of amides is 1. The van der Waals surface area contributed by atoms with E-state index in [1.54, 1.807) is 7.11 Å². The van der Waals surface area contributed by atoms with Gasteiger partial charge in [-0.3, -0.25) is 14.4 Å². The molecule has 0 aromatic heterocycles. The van der Waals surface area contributed by atoms with Gasteiger partial charge in [0, 0.05) is 13.5 Å². The van der Waals surface area contributed by atoms with Crippen LogP contribution in [0.25, 0.3) is 0 Å². The number of nitrogens with one attached hydrogen (secondary N) is 1. The molecule has 0 unspecified atom stereocenters.